The minimum Gasteiger partial charge on any atom is -0.361 e. The first kappa shape index (κ1) is 20.5. The van der Waals surface area contributed by atoms with Crippen LogP contribution in [-0.4, -0.2) is 50.8 Å². The topological polar surface area (TPSA) is 53.0 Å². The van der Waals surface area contributed by atoms with Crippen LogP contribution in [0.3, 0.4) is 0 Å². The number of rotatable bonds is 5. The number of aromatic amines is 1. The van der Waals surface area contributed by atoms with Gasteiger partial charge in [0.1, 0.15) is 5.82 Å². The third-order valence-electron chi connectivity index (χ3n) is 7.65. The lowest BCUT2D eigenvalue weighted by Gasteiger charge is -2.38. The summed E-state index contributed by atoms with van der Waals surface area (Å²) in [6, 6.07) is 17.6. The van der Waals surface area contributed by atoms with E-state index in [1.54, 1.807) is 0 Å². The van der Waals surface area contributed by atoms with Crippen molar-refractivity contribution < 1.29 is 0 Å². The van der Waals surface area contributed by atoms with Gasteiger partial charge in [-0.3, -0.25) is 4.57 Å². The fourth-order valence-corrected chi connectivity index (χ4v) is 5.87. The number of nitrogens with zero attached hydrogens (tertiary/aromatic N) is 5. The summed E-state index contributed by atoms with van der Waals surface area (Å²) >= 11 is 0. The van der Waals surface area contributed by atoms with E-state index >= 15 is 0 Å². The first-order valence-electron chi connectivity index (χ1n) is 12.3. The maximum Gasteiger partial charge on any atom is 0.160 e. The van der Waals surface area contributed by atoms with Gasteiger partial charge < -0.3 is 14.8 Å². The van der Waals surface area contributed by atoms with Gasteiger partial charge in [-0.1, -0.05) is 30.3 Å². The van der Waals surface area contributed by atoms with Gasteiger partial charge in [0.15, 0.2) is 5.82 Å². The molecule has 0 saturated carbocycles. The van der Waals surface area contributed by atoms with Gasteiger partial charge in [-0.2, -0.15) is 0 Å². The van der Waals surface area contributed by atoms with E-state index < -0.39 is 0 Å². The Morgan fingerprint density at radius 3 is 2.55 bits per heavy atom. The highest BCUT2D eigenvalue weighted by Crippen LogP contribution is 2.38. The van der Waals surface area contributed by atoms with Crippen molar-refractivity contribution >= 4 is 16.6 Å². The van der Waals surface area contributed by atoms with Crippen molar-refractivity contribution in [2.24, 2.45) is 0 Å². The number of aromatic nitrogens is 4. The van der Waals surface area contributed by atoms with Gasteiger partial charge in [0, 0.05) is 23.6 Å². The fraction of sp³-hybridized carbons (Fsp3) is 0.407. The predicted octanol–water partition coefficient (Wildman–Crippen LogP) is 5.21. The van der Waals surface area contributed by atoms with E-state index in [2.05, 4.69) is 91.2 Å². The Hall–Kier alpha value is -3.12. The van der Waals surface area contributed by atoms with Crippen molar-refractivity contribution in [2.45, 2.75) is 45.1 Å². The van der Waals surface area contributed by atoms with Crippen molar-refractivity contribution in [3.63, 3.8) is 0 Å². The van der Waals surface area contributed by atoms with Crippen molar-refractivity contribution in [1.82, 2.24) is 24.6 Å². The molecule has 1 N–H and O–H groups in total. The van der Waals surface area contributed by atoms with Crippen LogP contribution in [0.5, 0.6) is 0 Å². The molecule has 2 aliphatic rings. The smallest absolute Gasteiger partial charge is 0.160 e. The molecule has 0 aliphatic carbocycles. The molecule has 1 fully saturated rings. The molecule has 0 bridgehead atoms. The van der Waals surface area contributed by atoms with Gasteiger partial charge in [-0.25, -0.2) is 0 Å². The second-order valence-corrected chi connectivity index (χ2v) is 9.56. The summed E-state index contributed by atoms with van der Waals surface area (Å²) in [7, 11) is 0. The van der Waals surface area contributed by atoms with Crippen LogP contribution in [0.1, 0.15) is 55.4 Å². The fourth-order valence-electron chi connectivity index (χ4n) is 5.87. The highest BCUT2D eigenvalue weighted by molar-refractivity contribution is 5.83. The zero-order chi connectivity index (χ0) is 22.4. The number of nitrogens with one attached hydrogen (secondary N) is 1. The number of aryl methyl sites for hydroxylation is 1. The highest BCUT2D eigenvalue weighted by Gasteiger charge is 2.31. The molecule has 0 amide bonds. The Morgan fingerprint density at radius 2 is 1.70 bits per heavy atom. The van der Waals surface area contributed by atoms with Gasteiger partial charge in [-0.15, -0.1) is 10.2 Å². The average Bonchev–Trinajstić information content (AvgIpc) is 3.46. The van der Waals surface area contributed by atoms with E-state index in [0.717, 1.165) is 31.2 Å². The number of piperidine rings is 1. The molecule has 4 heterocycles. The van der Waals surface area contributed by atoms with Crippen LogP contribution in [0.4, 0.5) is 5.69 Å². The Morgan fingerprint density at radius 1 is 0.939 bits per heavy atom. The number of hydrogen-bond donors (Lipinski definition) is 1. The summed E-state index contributed by atoms with van der Waals surface area (Å²) in [4.78, 5) is 8.62. The first-order chi connectivity index (χ1) is 16.2. The monoisotopic (exact) mass is 440 g/mol. The maximum absolute atomic E-state index is 4.50. The average molecular weight is 441 g/mol. The van der Waals surface area contributed by atoms with E-state index in [1.165, 1.54) is 53.8 Å². The van der Waals surface area contributed by atoms with Crippen LogP contribution < -0.4 is 4.90 Å². The minimum absolute atomic E-state index is 0.230. The van der Waals surface area contributed by atoms with Crippen LogP contribution in [0.25, 0.3) is 16.6 Å². The Labute approximate surface area is 195 Å². The zero-order valence-corrected chi connectivity index (χ0v) is 19.5. The number of fused-ring (bicyclic) bond motifs is 4. The molecule has 6 rings (SSSR count). The van der Waals surface area contributed by atoms with Crippen molar-refractivity contribution in [3.8, 4) is 5.69 Å². The van der Waals surface area contributed by atoms with E-state index in [-0.39, 0.29) is 6.04 Å². The Kier molecular flexibility index (Phi) is 5.18. The molecule has 0 spiro atoms. The number of hydrogen-bond acceptors (Lipinski definition) is 4. The standard InChI is InChI=1S/C27H32N6/c1-19-27-30-29-20(2)33(27)26-11-6-5-10-25(26)32(19)15-7-14-31-16-12-21(13-17-31)23-18-28-24-9-4-3-8-22(23)24/h3-6,8-11,18-19,21,28H,7,12-17H2,1-2H3. The van der Waals surface area contributed by atoms with Gasteiger partial charge in [-0.05, 0) is 82.4 Å². The van der Waals surface area contributed by atoms with Crippen molar-refractivity contribution in [2.75, 3.05) is 31.1 Å². The van der Waals surface area contributed by atoms with E-state index in [9.17, 15) is 0 Å². The number of benzene rings is 2. The summed E-state index contributed by atoms with van der Waals surface area (Å²) < 4.78 is 2.21. The van der Waals surface area contributed by atoms with Crippen molar-refractivity contribution in [3.05, 3.63) is 71.9 Å². The Balaban J connectivity index is 1.08. The second kappa shape index (κ2) is 8.34. The summed E-state index contributed by atoms with van der Waals surface area (Å²) in [5.41, 5.74) is 5.26. The molecule has 6 heteroatoms. The third-order valence-corrected chi connectivity index (χ3v) is 7.65. The minimum atomic E-state index is 0.230. The second-order valence-electron chi connectivity index (χ2n) is 9.56. The van der Waals surface area contributed by atoms with Crippen LogP contribution >= 0.6 is 0 Å². The van der Waals surface area contributed by atoms with Crippen LogP contribution in [-0.2, 0) is 0 Å². The number of para-hydroxylation sites is 3. The van der Waals surface area contributed by atoms with Gasteiger partial charge in [0.05, 0.1) is 17.4 Å². The number of anilines is 1. The molecule has 170 valence electrons. The number of H-pyrrole nitrogens is 1. The van der Waals surface area contributed by atoms with E-state index in [1.807, 2.05) is 6.92 Å². The van der Waals surface area contributed by atoms with Crippen molar-refractivity contribution in [1.29, 1.82) is 0 Å². The molecule has 1 atom stereocenters. The SMILES string of the molecule is Cc1nnc2n1-c1ccccc1N(CCCN1CCC(c3c[nH]c4ccccc34)CC1)C2C. The van der Waals surface area contributed by atoms with E-state index in [0.29, 0.717) is 5.92 Å². The molecule has 0 radical (unpaired) electrons. The molecule has 1 unspecified atom stereocenters. The summed E-state index contributed by atoms with van der Waals surface area (Å²) in [5, 5.41) is 10.3. The van der Waals surface area contributed by atoms with Gasteiger partial charge >= 0.3 is 0 Å². The van der Waals surface area contributed by atoms with Crippen LogP contribution in [0.15, 0.2) is 54.7 Å². The summed E-state index contributed by atoms with van der Waals surface area (Å²) in [6.07, 6.45) is 5.88. The molecule has 1 saturated heterocycles. The number of likely N-dealkylation sites (tertiary alicyclic amines) is 1. The Bertz CT molecular complexity index is 1260. The normalized spacial score (nSPS) is 19.1. The molecule has 2 aromatic heterocycles. The van der Waals surface area contributed by atoms with Crippen LogP contribution in [0, 0.1) is 6.92 Å². The summed E-state index contributed by atoms with van der Waals surface area (Å²) in [5.74, 6) is 2.67. The third kappa shape index (κ3) is 3.53. The summed E-state index contributed by atoms with van der Waals surface area (Å²) in [6.45, 7) is 8.84. The van der Waals surface area contributed by atoms with Gasteiger partial charge in [0.25, 0.3) is 0 Å². The first-order valence-corrected chi connectivity index (χ1v) is 12.3. The lowest BCUT2D eigenvalue weighted by atomic mass is 9.89. The van der Waals surface area contributed by atoms with Gasteiger partial charge in [0.2, 0.25) is 0 Å². The lowest BCUT2D eigenvalue weighted by Crippen LogP contribution is -2.38. The molecule has 6 nitrogen and oxygen atoms in total. The maximum atomic E-state index is 4.50. The van der Waals surface area contributed by atoms with Crippen LogP contribution in [0.2, 0.25) is 0 Å². The van der Waals surface area contributed by atoms with E-state index in [4.69, 9.17) is 0 Å². The molecule has 2 aliphatic heterocycles. The zero-order valence-electron chi connectivity index (χ0n) is 19.5. The molecular weight excluding hydrogens is 408 g/mol. The lowest BCUT2D eigenvalue weighted by molar-refractivity contribution is 0.211. The quantitative estimate of drug-likeness (QED) is 0.463. The largest absolute Gasteiger partial charge is 0.361 e. The molecule has 33 heavy (non-hydrogen) atoms. The molecule has 4 aromatic rings. The predicted molar refractivity (Wildman–Crippen MR) is 133 cm³/mol. The molecule has 2 aromatic carbocycles. The highest BCUT2D eigenvalue weighted by atomic mass is 15.4. The molecular formula is C27H32N6.